The van der Waals surface area contributed by atoms with Gasteiger partial charge in [-0.25, -0.2) is 0 Å². The van der Waals surface area contributed by atoms with Crippen LogP contribution >= 0.6 is 19.4 Å². The van der Waals surface area contributed by atoms with E-state index in [0.29, 0.717) is 0 Å². The van der Waals surface area contributed by atoms with E-state index in [1.807, 2.05) is 12.2 Å². The Balaban J connectivity index is 5.03. The Morgan fingerprint density at radius 2 is 1.74 bits per heavy atom. The third-order valence-electron chi connectivity index (χ3n) is 2.95. The van der Waals surface area contributed by atoms with Gasteiger partial charge in [-0.1, -0.05) is 25.5 Å². The summed E-state index contributed by atoms with van der Waals surface area (Å²) in [6.07, 6.45) is 7.51. The molecule has 0 saturated carbocycles. The molecule has 112 valence electrons. The minimum atomic E-state index is -3.08. The van der Waals surface area contributed by atoms with E-state index in [-0.39, 0.29) is 10.9 Å². The summed E-state index contributed by atoms with van der Waals surface area (Å²) in [6.45, 7) is 9.71. The first-order valence-electron chi connectivity index (χ1n) is 6.64. The molecule has 3 nitrogen and oxygen atoms in total. The fourth-order valence-electron chi connectivity index (χ4n) is 1.87. The van der Waals surface area contributed by atoms with Crippen LogP contribution in [0.15, 0.2) is 25.3 Å². The first kappa shape index (κ1) is 19.0. The standard InChI is InChI=1S/C14H27O3PS/c1-6-9-12-19-14(18(15,16-4)17-5)13(10-7-2)11-8-3/h7-8,13-14H,2-3,6,9-12H2,1,4-5H3. The lowest BCUT2D eigenvalue weighted by Gasteiger charge is -2.30. The van der Waals surface area contributed by atoms with Crippen LogP contribution in [-0.2, 0) is 13.6 Å². The molecule has 1 unspecified atom stereocenters. The van der Waals surface area contributed by atoms with Gasteiger partial charge < -0.3 is 9.05 Å². The van der Waals surface area contributed by atoms with Crippen molar-refractivity contribution in [1.29, 1.82) is 0 Å². The van der Waals surface area contributed by atoms with Gasteiger partial charge in [0.1, 0.15) is 4.99 Å². The van der Waals surface area contributed by atoms with Crippen molar-refractivity contribution in [2.75, 3.05) is 20.0 Å². The Labute approximate surface area is 122 Å². The predicted molar refractivity (Wildman–Crippen MR) is 85.9 cm³/mol. The first-order valence-corrected chi connectivity index (χ1v) is 9.30. The topological polar surface area (TPSA) is 35.5 Å². The van der Waals surface area contributed by atoms with E-state index < -0.39 is 7.60 Å². The maximum atomic E-state index is 12.7. The summed E-state index contributed by atoms with van der Waals surface area (Å²) in [6, 6.07) is 0. The Bertz CT molecular complexity index is 289. The van der Waals surface area contributed by atoms with Crippen LogP contribution < -0.4 is 0 Å². The van der Waals surface area contributed by atoms with Crippen molar-refractivity contribution in [2.45, 2.75) is 37.6 Å². The number of hydrogen-bond acceptors (Lipinski definition) is 4. The van der Waals surface area contributed by atoms with Gasteiger partial charge in [-0.05, 0) is 30.9 Å². The second kappa shape index (κ2) is 10.7. The molecule has 0 amide bonds. The molecule has 0 aromatic carbocycles. The minimum absolute atomic E-state index is 0.162. The Kier molecular flexibility index (Phi) is 10.7. The van der Waals surface area contributed by atoms with Crippen molar-refractivity contribution in [2.24, 2.45) is 5.92 Å². The zero-order valence-corrected chi connectivity index (χ0v) is 14.1. The highest BCUT2D eigenvalue weighted by atomic mass is 32.2. The van der Waals surface area contributed by atoms with E-state index in [0.717, 1.165) is 31.4 Å². The third-order valence-corrected chi connectivity index (χ3v) is 7.48. The highest BCUT2D eigenvalue weighted by Gasteiger charge is 2.39. The summed E-state index contributed by atoms with van der Waals surface area (Å²) < 4.78 is 23.1. The summed E-state index contributed by atoms with van der Waals surface area (Å²) in [5.41, 5.74) is 0. The lowest BCUT2D eigenvalue weighted by molar-refractivity contribution is 0.265. The monoisotopic (exact) mass is 306 g/mol. The van der Waals surface area contributed by atoms with Crippen molar-refractivity contribution in [1.82, 2.24) is 0 Å². The van der Waals surface area contributed by atoms with Gasteiger partial charge in [0.15, 0.2) is 0 Å². The number of allylic oxidation sites excluding steroid dienone is 2. The molecule has 0 rings (SSSR count). The minimum Gasteiger partial charge on any atom is -0.311 e. The van der Waals surface area contributed by atoms with Crippen LogP contribution in [0.2, 0.25) is 0 Å². The molecule has 0 aromatic heterocycles. The molecule has 5 heteroatoms. The van der Waals surface area contributed by atoms with Gasteiger partial charge in [0, 0.05) is 14.2 Å². The van der Waals surface area contributed by atoms with Crippen LogP contribution in [0, 0.1) is 5.92 Å². The molecule has 0 spiro atoms. The van der Waals surface area contributed by atoms with Crippen LogP contribution in [-0.4, -0.2) is 25.0 Å². The van der Waals surface area contributed by atoms with Crippen molar-refractivity contribution in [3.8, 4) is 0 Å². The summed E-state index contributed by atoms with van der Waals surface area (Å²) in [7, 11) is -0.170. The Morgan fingerprint density at radius 1 is 1.21 bits per heavy atom. The van der Waals surface area contributed by atoms with Crippen molar-refractivity contribution in [3.63, 3.8) is 0 Å². The molecule has 19 heavy (non-hydrogen) atoms. The van der Waals surface area contributed by atoms with Crippen molar-refractivity contribution >= 4 is 19.4 Å². The molecule has 0 fully saturated rings. The van der Waals surface area contributed by atoms with Gasteiger partial charge in [0.2, 0.25) is 0 Å². The van der Waals surface area contributed by atoms with Crippen molar-refractivity contribution in [3.05, 3.63) is 25.3 Å². The quantitative estimate of drug-likeness (QED) is 0.285. The SMILES string of the molecule is C=CCC(CC=C)C(SCCCC)P(=O)(OC)OC. The largest absolute Gasteiger partial charge is 0.343 e. The smallest absolute Gasteiger partial charge is 0.311 e. The van der Waals surface area contributed by atoms with E-state index in [1.165, 1.54) is 14.2 Å². The molecule has 0 radical (unpaired) electrons. The molecule has 0 aromatic rings. The highest BCUT2D eigenvalue weighted by molar-refractivity contribution is 8.05. The van der Waals surface area contributed by atoms with Gasteiger partial charge in [0.05, 0.1) is 0 Å². The summed E-state index contributed by atoms with van der Waals surface area (Å²) in [5, 5.41) is 0. The summed E-state index contributed by atoms with van der Waals surface area (Å²) in [4.78, 5) is -0.162. The van der Waals surface area contributed by atoms with E-state index in [2.05, 4.69) is 20.1 Å². The molecule has 0 aliphatic carbocycles. The Hall–Kier alpha value is -0.0200. The molecular weight excluding hydrogens is 279 g/mol. The third kappa shape index (κ3) is 6.31. The first-order chi connectivity index (χ1) is 9.09. The van der Waals surface area contributed by atoms with Gasteiger partial charge in [-0.2, -0.15) is 0 Å². The number of unbranched alkanes of at least 4 members (excludes halogenated alkanes) is 1. The average molecular weight is 306 g/mol. The molecule has 1 atom stereocenters. The molecule has 0 N–H and O–H groups in total. The van der Waals surface area contributed by atoms with E-state index >= 15 is 0 Å². The van der Waals surface area contributed by atoms with E-state index in [9.17, 15) is 4.57 Å². The molecule has 0 heterocycles. The predicted octanol–water partition coefficient (Wildman–Crippen LogP) is 5.10. The number of hydrogen-bond donors (Lipinski definition) is 0. The highest BCUT2D eigenvalue weighted by Crippen LogP contribution is 2.59. The lowest BCUT2D eigenvalue weighted by atomic mass is 10.0. The zero-order chi connectivity index (χ0) is 14.7. The fraction of sp³-hybridized carbons (Fsp3) is 0.714. The van der Waals surface area contributed by atoms with Gasteiger partial charge in [0.25, 0.3) is 0 Å². The maximum absolute atomic E-state index is 12.7. The van der Waals surface area contributed by atoms with Crippen molar-refractivity contribution < 1.29 is 13.6 Å². The average Bonchev–Trinajstić information content (AvgIpc) is 2.43. The zero-order valence-electron chi connectivity index (χ0n) is 12.3. The van der Waals surface area contributed by atoms with Gasteiger partial charge >= 0.3 is 7.60 Å². The van der Waals surface area contributed by atoms with E-state index in [1.54, 1.807) is 11.8 Å². The van der Waals surface area contributed by atoms with Crippen LogP contribution in [0.5, 0.6) is 0 Å². The number of rotatable bonds is 12. The van der Waals surface area contributed by atoms with E-state index in [4.69, 9.17) is 9.05 Å². The molecular formula is C14H27O3PS. The summed E-state index contributed by atoms with van der Waals surface area (Å²) >= 11 is 1.68. The fourth-order valence-corrected chi connectivity index (χ4v) is 5.95. The molecule has 0 saturated heterocycles. The van der Waals surface area contributed by atoms with Crippen LogP contribution in [0.1, 0.15) is 32.6 Å². The maximum Gasteiger partial charge on any atom is 0.343 e. The summed E-state index contributed by atoms with van der Waals surface area (Å²) in [5.74, 6) is 1.14. The number of thioether (sulfide) groups is 1. The molecule has 0 aliphatic rings. The van der Waals surface area contributed by atoms with Crippen LogP contribution in [0.25, 0.3) is 0 Å². The lowest BCUT2D eigenvalue weighted by Crippen LogP contribution is -2.19. The second-order valence-corrected chi connectivity index (χ2v) is 8.29. The Morgan fingerprint density at radius 3 is 2.11 bits per heavy atom. The second-order valence-electron chi connectivity index (χ2n) is 4.33. The molecule has 0 aliphatic heterocycles. The normalized spacial score (nSPS) is 13.5. The van der Waals surface area contributed by atoms with Gasteiger partial charge in [-0.15, -0.1) is 24.9 Å². The van der Waals surface area contributed by atoms with Gasteiger partial charge in [-0.3, -0.25) is 4.57 Å². The van der Waals surface area contributed by atoms with Crippen LogP contribution in [0.3, 0.4) is 0 Å². The molecule has 0 bridgehead atoms. The van der Waals surface area contributed by atoms with Crippen LogP contribution in [0.4, 0.5) is 0 Å².